The maximum atomic E-state index is 14.4. The molecular weight excluding hydrogens is 633 g/mol. The van der Waals surface area contributed by atoms with Gasteiger partial charge >= 0.3 is 0 Å². The van der Waals surface area contributed by atoms with E-state index in [1.54, 1.807) is 54.6 Å². The van der Waals surface area contributed by atoms with Gasteiger partial charge in [-0.3, -0.25) is 13.9 Å². The fraction of sp³-hybridized carbons (Fsp3) is 0.235. The number of halogens is 2. The summed E-state index contributed by atoms with van der Waals surface area (Å²) >= 11 is 12.7. The predicted octanol–water partition coefficient (Wildman–Crippen LogP) is 6.28. The van der Waals surface area contributed by atoms with Gasteiger partial charge in [-0.05, 0) is 73.5 Å². The van der Waals surface area contributed by atoms with E-state index in [0.717, 1.165) is 15.4 Å². The zero-order valence-electron chi connectivity index (χ0n) is 25.2. The summed E-state index contributed by atoms with van der Waals surface area (Å²) in [4.78, 5) is 29.1. The standard InChI is InChI=1S/C34H35Cl2N3O5S/c1-4-44-29-16-18-30(19-17-29)45(42,43)39(28-14-10-24(2)11-15-28)23-33(40)38(22-26-12-13-27(35)21-31(26)36)32(34(41)37-3)20-25-8-6-5-7-9-25/h5-19,21,32H,4,20,22-23H2,1-3H3,(H,37,41)/t32-/m0/s1. The topological polar surface area (TPSA) is 96.0 Å². The Kier molecular flexibility index (Phi) is 11.5. The number of rotatable bonds is 13. The van der Waals surface area contributed by atoms with Gasteiger partial charge in [-0.1, -0.05) is 77.3 Å². The van der Waals surface area contributed by atoms with Gasteiger partial charge in [-0.2, -0.15) is 0 Å². The molecule has 4 aromatic rings. The van der Waals surface area contributed by atoms with Gasteiger partial charge in [0.1, 0.15) is 18.3 Å². The number of hydrogen-bond donors (Lipinski definition) is 1. The first-order chi connectivity index (χ1) is 21.5. The number of carbonyl (C=O) groups is 2. The molecule has 1 atom stereocenters. The third-order valence-corrected chi connectivity index (χ3v) is 9.57. The molecule has 0 aromatic heterocycles. The van der Waals surface area contributed by atoms with Crippen LogP contribution in [0, 0.1) is 6.92 Å². The highest BCUT2D eigenvalue weighted by molar-refractivity contribution is 7.92. The van der Waals surface area contributed by atoms with Crippen LogP contribution in [0.25, 0.3) is 0 Å². The molecular formula is C34H35Cl2N3O5S. The Bertz CT molecular complexity index is 1720. The first kappa shape index (κ1) is 33.8. The molecule has 0 aliphatic heterocycles. The number of ether oxygens (including phenoxy) is 1. The number of benzene rings is 4. The average Bonchev–Trinajstić information content (AvgIpc) is 3.03. The Morgan fingerprint density at radius 1 is 0.911 bits per heavy atom. The number of amides is 2. The lowest BCUT2D eigenvalue weighted by Gasteiger charge is -2.33. The van der Waals surface area contributed by atoms with Crippen molar-refractivity contribution in [2.75, 3.05) is 24.5 Å². The normalized spacial score (nSPS) is 11.8. The lowest BCUT2D eigenvalue weighted by Crippen LogP contribution is -2.53. The quantitative estimate of drug-likeness (QED) is 0.181. The Labute approximate surface area is 274 Å². The van der Waals surface area contributed by atoms with Crippen LogP contribution in [-0.4, -0.2) is 51.4 Å². The van der Waals surface area contributed by atoms with Gasteiger partial charge in [-0.25, -0.2) is 8.42 Å². The summed E-state index contributed by atoms with van der Waals surface area (Å²) in [7, 11) is -2.74. The molecule has 236 valence electrons. The molecule has 0 saturated heterocycles. The highest BCUT2D eigenvalue weighted by Crippen LogP contribution is 2.28. The van der Waals surface area contributed by atoms with E-state index >= 15 is 0 Å². The highest BCUT2D eigenvalue weighted by atomic mass is 35.5. The minimum absolute atomic E-state index is 0.0150. The second-order valence-corrected chi connectivity index (χ2v) is 13.0. The van der Waals surface area contributed by atoms with Gasteiger partial charge in [0.15, 0.2) is 0 Å². The molecule has 0 saturated carbocycles. The van der Waals surface area contributed by atoms with Crippen molar-refractivity contribution >= 4 is 50.7 Å². The van der Waals surface area contributed by atoms with Crippen molar-refractivity contribution in [1.29, 1.82) is 0 Å². The molecule has 0 radical (unpaired) electrons. The zero-order valence-corrected chi connectivity index (χ0v) is 27.6. The van der Waals surface area contributed by atoms with Crippen molar-refractivity contribution < 1.29 is 22.7 Å². The van der Waals surface area contributed by atoms with Crippen LogP contribution >= 0.6 is 23.2 Å². The molecule has 11 heteroatoms. The van der Waals surface area contributed by atoms with Crippen LogP contribution < -0.4 is 14.4 Å². The molecule has 0 unspecified atom stereocenters. The number of anilines is 1. The molecule has 45 heavy (non-hydrogen) atoms. The maximum absolute atomic E-state index is 14.4. The Hall–Kier alpha value is -4.05. The van der Waals surface area contributed by atoms with Crippen LogP contribution in [-0.2, 0) is 32.6 Å². The number of hydrogen-bond acceptors (Lipinski definition) is 5. The fourth-order valence-electron chi connectivity index (χ4n) is 4.80. The molecule has 0 aliphatic carbocycles. The summed E-state index contributed by atoms with van der Waals surface area (Å²) in [5, 5.41) is 3.39. The lowest BCUT2D eigenvalue weighted by molar-refractivity contribution is -0.139. The lowest BCUT2D eigenvalue weighted by atomic mass is 10.0. The second kappa shape index (κ2) is 15.3. The molecule has 0 heterocycles. The minimum atomic E-state index is -4.24. The summed E-state index contributed by atoms with van der Waals surface area (Å²) in [5.74, 6) is -0.482. The number of nitrogens with zero attached hydrogens (tertiary/aromatic N) is 2. The summed E-state index contributed by atoms with van der Waals surface area (Å²) in [6, 6.07) is 26.1. The van der Waals surface area contributed by atoms with E-state index in [1.165, 1.54) is 24.1 Å². The molecule has 4 rings (SSSR count). The SMILES string of the molecule is CCOc1ccc(S(=O)(=O)N(CC(=O)N(Cc2ccc(Cl)cc2Cl)[C@@H](Cc2ccccc2)C(=O)NC)c2ccc(C)cc2)cc1. The van der Waals surface area contributed by atoms with Gasteiger partial charge in [0.05, 0.1) is 17.2 Å². The smallest absolute Gasteiger partial charge is 0.264 e. The van der Waals surface area contributed by atoms with E-state index in [4.69, 9.17) is 27.9 Å². The van der Waals surface area contributed by atoms with Crippen LogP contribution in [0.2, 0.25) is 10.0 Å². The molecule has 2 amide bonds. The number of sulfonamides is 1. The van der Waals surface area contributed by atoms with Crippen LogP contribution in [0.5, 0.6) is 5.75 Å². The van der Waals surface area contributed by atoms with E-state index < -0.39 is 34.4 Å². The number of aryl methyl sites for hydroxylation is 1. The van der Waals surface area contributed by atoms with Gasteiger partial charge in [0.2, 0.25) is 11.8 Å². The number of likely N-dealkylation sites (N-methyl/N-ethyl adjacent to an activating group) is 1. The third kappa shape index (κ3) is 8.57. The zero-order chi connectivity index (χ0) is 32.6. The monoisotopic (exact) mass is 667 g/mol. The van der Waals surface area contributed by atoms with Crippen molar-refractivity contribution in [3.05, 3.63) is 124 Å². The van der Waals surface area contributed by atoms with Crippen molar-refractivity contribution in [1.82, 2.24) is 10.2 Å². The van der Waals surface area contributed by atoms with Gasteiger partial charge < -0.3 is 15.0 Å². The van der Waals surface area contributed by atoms with Crippen LogP contribution in [0.1, 0.15) is 23.6 Å². The van der Waals surface area contributed by atoms with E-state index in [9.17, 15) is 18.0 Å². The van der Waals surface area contributed by atoms with E-state index in [1.807, 2.05) is 44.2 Å². The van der Waals surface area contributed by atoms with Crippen LogP contribution in [0.4, 0.5) is 5.69 Å². The molecule has 1 N–H and O–H groups in total. The molecule has 0 fully saturated rings. The fourth-order valence-corrected chi connectivity index (χ4v) is 6.68. The van der Waals surface area contributed by atoms with Gasteiger partial charge in [-0.15, -0.1) is 0 Å². The maximum Gasteiger partial charge on any atom is 0.264 e. The number of nitrogens with one attached hydrogen (secondary N) is 1. The van der Waals surface area contributed by atoms with E-state index in [0.29, 0.717) is 33.7 Å². The largest absolute Gasteiger partial charge is 0.494 e. The number of carbonyl (C=O) groups excluding carboxylic acids is 2. The van der Waals surface area contributed by atoms with E-state index in [-0.39, 0.29) is 17.9 Å². The highest BCUT2D eigenvalue weighted by Gasteiger charge is 2.34. The first-order valence-electron chi connectivity index (χ1n) is 14.3. The van der Waals surface area contributed by atoms with Crippen molar-refractivity contribution in [3.8, 4) is 5.75 Å². The summed E-state index contributed by atoms with van der Waals surface area (Å²) in [6.07, 6.45) is 0.188. The van der Waals surface area contributed by atoms with Crippen molar-refractivity contribution in [3.63, 3.8) is 0 Å². The van der Waals surface area contributed by atoms with E-state index in [2.05, 4.69) is 5.32 Å². The Morgan fingerprint density at radius 3 is 2.18 bits per heavy atom. The van der Waals surface area contributed by atoms with Crippen molar-refractivity contribution in [2.24, 2.45) is 0 Å². The molecule has 8 nitrogen and oxygen atoms in total. The molecule has 4 aromatic carbocycles. The molecule has 0 bridgehead atoms. The average molecular weight is 669 g/mol. The molecule has 0 spiro atoms. The Morgan fingerprint density at radius 2 is 1.58 bits per heavy atom. The van der Waals surface area contributed by atoms with Crippen LogP contribution in [0.15, 0.2) is 102 Å². The Balaban J connectivity index is 1.79. The first-order valence-corrected chi connectivity index (χ1v) is 16.5. The summed E-state index contributed by atoms with van der Waals surface area (Å²) in [5.41, 5.74) is 2.59. The third-order valence-electron chi connectivity index (χ3n) is 7.20. The van der Waals surface area contributed by atoms with Crippen molar-refractivity contribution in [2.45, 2.75) is 37.8 Å². The summed E-state index contributed by atoms with van der Waals surface area (Å²) < 4.78 is 34.8. The van der Waals surface area contributed by atoms with Crippen LogP contribution in [0.3, 0.4) is 0 Å². The summed E-state index contributed by atoms with van der Waals surface area (Å²) in [6.45, 7) is 3.51. The van der Waals surface area contributed by atoms with Gasteiger partial charge in [0.25, 0.3) is 10.0 Å². The molecule has 0 aliphatic rings. The predicted molar refractivity (Wildman–Crippen MR) is 178 cm³/mol. The van der Waals surface area contributed by atoms with Gasteiger partial charge in [0, 0.05) is 30.1 Å². The minimum Gasteiger partial charge on any atom is -0.494 e. The second-order valence-electron chi connectivity index (χ2n) is 10.3.